The number of halogens is 1. The van der Waals surface area contributed by atoms with Gasteiger partial charge in [0.2, 0.25) is 0 Å². The van der Waals surface area contributed by atoms with E-state index in [2.05, 4.69) is 30.5 Å². The van der Waals surface area contributed by atoms with Crippen LogP contribution in [0.3, 0.4) is 0 Å². The van der Waals surface area contributed by atoms with Crippen LogP contribution in [0.25, 0.3) is 0 Å². The third-order valence-electron chi connectivity index (χ3n) is 3.88. The van der Waals surface area contributed by atoms with E-state index in [-0.39, 0.29) is 5.91 Å². The zero-order valence-corrected chi connectivity index (χ0v) is 14.4. The summed E-state index contributed by atoms with van der Waals surface area (Å²) in [7, 11) is 0. The van der Waals surface area contributed by atoms with Crippen molar-refractivity contribution >= 4 is 23.2 Å². The van der Waals surface area contributed by atoms with Crippen LogP contribution in [-0.4, -0.2) is 11.9 Å². The second kappa shape index (κ2) is 8.70. The van der Waals surface area contributed by atoms with E-state index in [1.54, 1.807) is 18.2 Å². The zero-order valence-electron chi connectivity index (χ0n) is 13.6. The molecule has 0 atom stereocenters. The second-order valence-corrected chi connectivity index (χ2v) is 5.94. The number of carbonyl (C=O) groups excluding carboxylic acids is 1. The number of nitrogens with one attached hydrogen (secondary N) is 2. The minimum absolute atomic E-state index is 0.194. The minimum Gasteiger partial charge on any atom is -0.322 e. The third kappa shape index (κ3) is 5.08. The molecule has 0 aliphatic carbocycles. The van der Waals surface area contributed by atoms with Gasteiger partial charge in [-0.15, -0.1) is 0 Å². The summed E-state index contributed by atoms with van der Waals surface area (Å²) in [5.74, 6) is -0.194. The Morgan fingerprint density at radius 2 is 1.83 bits per heavy atom. The van der Waals surface area contributed by atoms with Crippen LogP contribution >= 0.6 is 11.6 Å². The fourth-order valence-corrected chi connectivity index (χ4v) is 2.66. The van der Waals surface area contributed by atoms with Crippen LogP contribution in [-0.2, 0) is 6.54 Å². The Hall–Kier alpha value is -1.84. The van der Waals surface area contributed by atoms with Crippen LogP contribution in [0.1, 0.15) is 42.6 Å². The van der Waals surface area contributed by atoms with Gasteiger partial charge in [-0.05, 0) is 42.7 Å². The molecule has 2 aromatic carbocycles. The summed E-state index contributed by atoms with van der Waals surface area (Å²) in [6.45, 7) is 5.16. The van der Waals surface area contributed by atoms with E-state index in [1.165, 1.54) is 0 Å². The molecule has 2 N–H and O–H groups in total. The van der Waals surface area contributed by atoms with Crippen molar-refractivity contribution in [1.29, 1.82) is 0 Å². The monoisotopic (exact) mass is 330 g/mol. The zero-order chi connectivity index (χ0) is 16.7. The lowest BCUT2D eigenvalue weighted by Gasteiger charge is -2.15. The standard InChI is InChI=1S/C19H23ClN2O/c1-3-15(4-2)21-13-14-8-7-9-16(12-14)22-19(23)17-10-5-6-11-18(17)20/h5-12,15,21H,3-4,13H2,1-2H3,(H,22,23). The molecule has 0 bridgehead atoms. The van der Waals surface area contributed by atoms with Crippen LogP contribution in [0.5, 0.6) is 0 Å². The first-order valence-electron chi connectivity index (χ1n) is 8.02. The molecule has 0 aromatic heterocycles. The summed E-state index contributed by atoms with van der Waals surface area (Å²) in [6, 6.07) is 15.4. The van der Waals surface area contributed by atoms with Gasteiger partial charge in [0.25, 0.3) is 5.91 Å². The van der Waals surface area contributed by atoms with Gasteiger partial charge in [-0.2, -0.15) is 0 Å². The Kier molecular flexibility index (Phi) is 6.63. The van der Waals surface area contributed by atoms with Crippen molar-refractivity contribution in [3.05, 3.63) is 64.7 Å². The smallest absolute Gasteiger partial charge is 0.257 e. The van der Waals surface area contributed by atoms with E-state index >= 15 is 0 Å². The van der Waals surface area contributed by atoms with Gasteiger partial charge in [0.1, 0.15) is 0 Å². The number of benzene rings is 2. The van der Waals surface area contributed by atoms with Crippen LogP contribution in [0.2, 0.25) is 5.02 Å². The first-order valence-corrected chi connectivity index (χ1v) is 8.40. The average Bonchev–Trinajstić information content (AvgIpc) is 2.56. The first kappa shape index (κ1) is 17.5. The predicted octanol–water partition coefficient (Wildman–Crippen LogP) is 4.87. The normalized spacial score (nSPS) is 10.8. The molecule has 0 aliphatic rings. The van der Waals surface area contributed by atoms with Gasteiger partial charge in [0.05, 0.1) is 10.6 Å². The summed E-state index contributed by atoms with van der Waals surface area (Å²) < 4.78 is 0. The molecule has 122 valence electrons. The largest absolute Gasteiger partial charge is 0.322 e. The van der Waals surface area contributed by atoms with Crippen molar-refractivity contribution in [3.63, 3.8) is 0 Å². The Bertz CT molecular complexity index is 653. The quantitative estimate of drug-likeness (QED) is 0.760. The lowest BCUT2D eigenvalue weighted by molar-refractivity contribution is 0.102. The van der Waals surface area contributed by atoms with Crippen molar-refractivity contribution in [2.45, 2.75) is 39.3 Å². The maximum Gasteiger partial charge on any atom is 0.257 e. The van der Waals surface area contributed by atoms with Crippen LogP contribution in [0.15, 0.2) is 48.5 Å². The lowest BCUT2D eigenvalue weighted by atomic mass is 10.1. The molecule has 1 amide bonds. The van der Waals surface area contributed by atoms with Crippen molar-refractivity contribution in [1.82, 2.24) is 5.32 Å². The van der Waals surface area contributed by atoms with E-state index in [1.807, 2.05) is 24.3 Å². The van der Waals surface area contributed by atoms with E-state index in [0.717, 1.165) is 30.6 Å². The highest BCUT2D eigenvalue weighted by Crippen LogP contribution is 2.18. The number of hydrogen-bond acceptors (Lipinski definition) is 2. The van der Waals surface area contributed by atoms with E-state index in [0.29, 0.717) is 16.6 Å². The highest BCUT2D eigenvalue weighted by Gasteiger charge is 2.10. The van der Waals surface area contributed by atoms with Gasteiger partial charge in [0.15, 0.2) is 0 Å². The average molecular weight is 331 g/mol. The molecule has 2 aromatic rings. The third-order valence-corrected chi connectivity index (χ3v) is 4.21. The maximum absolute atomic E-state index is 12.3. The van der Waals surface area contributed by atoms with Gasteiger partial charge >= 0.3 is 0 Å². The van der Waals surface area contributed by atoms with E-state index in [9.17, 15) is 4.79 Å². The molecule has 0 saturated carbocycles. The SMILES string of the molecule is CCC(CC)NCc1cccc(NC(=O)c2ccccc2Cl)c1. The lowest BCUT2D eigenvalue weighted by Crippen LogP contribution is -2.27. The first-order chi connectivity index (χ1) is 11.1. The van der Waals surface area contributed by atoms with Gasteiger partial charge in [-0.3, -0.25) is 4.79 Å². The summed E-state index contributed by atoms with van der Waals surface area (Å²) >= 11 is 6.06. The molecule has 23 heavy (non-hydrogen) atoms. The van der Waals surface area contributed by atoms with Gasteiger partial charge < -0.3 is 10.6 Å². The molecular weight excluding hydrogens is 308 g/mol. The van der Waals surface area contributed by atoms with Crippen LogP contribution < -0.4 is 10.6 Å². The van der Waals surface area contributed by atoms with Crippen LogP contribution in [0.4, 0.5) is 5.69 Å². The number of hydrogen-bond donors (Lipinski definition) is 2. The Labute approximate surface area is 143 Å². The molecule has 0 saturated heterocycles. The molecule has 0 aliphatic heterocycles. The van der Waals surface area contributed by atoms with Crippen molar-refractivity contribution in [3.8, 4) is 0 Å². The molecule has 3 nitrogen and oxygen atoms in total. The fraction of sp³-hybridized carbons (Fsp3) is 0.316. The van der Waals surface area contributed by atoms with Crippen molar-refractivity contribution in [2.24, 2.45) is 0 Å². The Morgan fingerprint density at radius 1 is 1.09 bits per heavy atom. The van der Waals surface area contributed by atoms with E-state index in [4.69, 9.17) is 11.6 Å². The molecular formula is C19H23ClN2O. The van der Waals surface area contributed by atoms with Crippen molar-refractivity contribution in [2.75, 3.05) is 5.32 Å². The number of rotatable bonds is 7. The Balaban J connectivity index is 2.02. The molecule has 0 heterocycles. The molecule has 4 heteroatoms. The van der Waals surface area contributed by atoms with Crippen molar-refractivity contribution < 1.29 is 4.79 Å². The van der Waals surface area contributed by atoms with Gasteiger partial charge in [0, 0.05) is 18.3 Å². The number of amides is 1. The van der Waals surface area contributed by atoms with E-state index < -0.39 is 0 Å². The molecule has 0 fully saturated rings. The topological polar surface area (TPSA) is 41.1 Å². The van der Waals surface area contributed by atoms with Crippen LogP contribution in [0, 0.1) is 0 Å². The van der Waals surface area contributed by atoms with Gasteiger partial charge in [-0.25, -0.2) is 0 Å². The summed E-state index contributed by atoms with van der Waals surface area (Å²) in [4.78, 5) is 12.3. The maximum atomic E-state index is 12.3. The summed E-state index contributed by atoms with van der Waals surface area (Å²) in [5.41, 5.74) is 2.40. The molecule has 0 radical (unpaired) electrons. The summed E-state index contributed by atoms with van der Waals surface area (Å²) in [6.07, 6.45) is 2.22. The summed E-state index contributed by atoms with van der Waals surface area (Å²) in [5, 5.41) is 6.88. The highest BCUT2D eigenvalue weighted by molar-refractivity contribution is 6.34. The molecule has 0 unspecified atom stereocenters. The minimum atomic E-state index is -0.194. The number of anilines is 1. The second-order valence-electron chi connectivity index (χ2n) is 5.53. The predicted molar refractivity (Wildman–Crippen MR) is 97.1 cm³/mol. The fourth-order valence-electron chi connectivity index (χ4n) is 2.44. The van der Waals surface area contributed by atoms with Gasteiger partial charge in [-0.1, -0.05) is 49.7 Å². The Morgan fingerprint density at radius 3 is 2.52 bits per heavy atom. The highest BCUT2D eigenvalue weighted by atomic mass is 35.5. The number of carbonyl (C=O) groups is 1. The molecule has 0 spiro atoms. The molecule has 2 rings (SSSR count).